The maximum atomic E-state index is 13.2. The lowest BCUT2D eigenvalue weighted by atomic mass is 10.1. The number of carboxylic acid groups (broad SMARTS) is 1. The number of benzene rings is 3. The predicted molar refractivity (Wildman–Crippen MR) is 145 cm³/mol. The van der Waals surface area contributed by atoms with Crippen LogP contribution in [0.2, 0.25) is 0 Å². The molecule has 38 heavy (non-hydrogen) atoms. The number of halogens is 1. The van der Waals surface area contributed by atoms with E-state index in [4.69, 9.17) is 9.47 Å². The fourth-order valence-electron chi connectivity index (χ4n) is 3.91. The molecule has 2 amide bonds. The molecule has 0 bridgehead atoms. The molecule has 1 atom stereocenters. The second-order valence-electron chi connectivity index (χ2n) is 8.99. The summed E-state index contributed by atoms with van der Waals surface area (Å²) in [6.45, 7) is 5.24. The largest absolute Gasteiger partial charge is 0.492 e. The summed E-state index contributed by atoms with van der Waals surface area (Å²) in [5.41, 5.74) is 3.66. The highest BCUT2D eigenvalue weighted by Gasteiger charge is 2.18. The number of hydrogen-bond acceptors (Lipinski definition) is 4. The standard InChI is InChI=1S/C30H35FN2O5/c1-3-37-28(29(34)35)21-24-10-16-27(17-11-24)38-20-19-33(18-4-5-23-8-12-25(31)13-9-23)30(36)32-26-14-6-22(2)7-15-26/h6-17,28H,3-5,18-21H2,1-2H3,(H,32,36)(H,34,35). The van der Waals surface area contributed by atoms with Gasteiger partial charge in [-0.05, 0) is 74.2 Å². The van der Waals surface area contributed by atoms with Crippen molar-refractivity contribution in [1.82, 2.24) is 4.90 Å². The minimum Gasteiger partial charge on any atom is -0.492 e. The number of carbonyl (C=O) groups excluding carboxylic acids is 1. The van der Waals surface area contributed by atoms with Gasteiger partial charge in [-0.2, -0.15) is 0 Å². The zero-order valence-corrected chi connectivity index (χ0v) is 21.9. The molecule has 0 aliphatic heterocycles. The first-order chi connectivity index (χ1) is 18.3. The number of rotatable bonds is 14. The van der Waals surface area contributed by atoms with Gasteiger partial charge in [-0.25, -0.2) is 14.0 Å². The third-order valence-corrected chi connectivity index (χ3v) is 6.01. The molecule has 0 radical (unpaired) electrons. The van der Waals surface area contributed by atoms with Crippen LogP contribution in [0.5, 0.6) is 5.75 Å². The number of urea groups is 1. The summed E-state index contributed by atoms with van der Waals surface area (Å²) >= 11 is 0. The van der Waals surface area contributed by atoms with Crippen LogP contribution in [0.25, 0.3) is 0 Å². The molecule has 0 saturated heterocycles. The molecule has 2 N–H and O–H groups in total. The van der Waals surface area contributed by atoms with Crippen LogP contribution in [0.3, 0.4) is 0 Å². The van der Waals surface area contributed by atoms with Crippen LogP contribution >= 0.6 is 0 Å². The number of ether oxygens (including phenoxy) is 2. The Morgan fingerprint density at radius 3 is 2.24 bits per heavy atom. The first kappa shape index (κ1) is 28.7. The summed E-state index contributed by atoms with van der Waals surface area (Å²) < 4.78 is 24.3. The van der Waals surface area contributed by atoms with Gasteiger partial charge in [-0.15, -0.1) is 0 Å². The Hall–Kier alpha value is -3.91. The van der Waals surface area contributed by atoms with Gasteiger partial charge in [-0.1, -0.05) is 42.0 Å². The molecule has 8 heteroatoms. The zero-order chi connectivity index (χ0) is 27.3. The Morgan fingerprint density at radius 2 is 1.61 bits per heavy atom. The van der Waals surface area contributed by atoms with Crippen molar-refractivity contribution in [2.24, 2.45) is 0 Å². The normalized spacial score (nSPS) is 11.6. The SMILES string of the molecule is CCOC(Cc1ccc(OCCN(CCCc2ccc(F)cc2)C(=O)Nc2ccc(C)cc2)cc1)C(=O)O. The Labute approximate surface area is 223 Å². The first-order valence-corrected chi connectivity index (χ1v) is 12.8. The van der Waals surface area contributed by atoms with Gasteiger partial charge in [-0.3, -0.25) is 0 Å². The molecule has 0 aliphatic carbocycles. The van der Waals surface area contributed by atoms with Gasteiger partial charge in [0.2, 0.25) is 0 Å². The van der Waals surface area contributed by atoms with E-state index in [1.165, 1.54) is 12.1 Å². The number of nitrogens with one attached hydrogen (secondary N) is 1. The van der Waals surface area contributed by atoms with Crippen LogP contribution in [0, 0.1) is 12.7 Å². The predicted octanol–water partition coefficient (Wildman–Crippen LogP) is 5.71. The first-order valence-electron chi connectivity index (χ1n) is 12.8. The molecule has 0 saturated carbocycles. The molecule has 0 spiro atoms. The average molecular weight is 523 g/mol. The number of carboxylic acids is 1. The second kappa shape index (κ2) is 14.7. The van der Waals surface area contributed by atoms with Gasteiger partial charge in [0.15, 0.2) is 6.10 Å². The van der Waals surface area contributed by atoms with Crippen molar-refractivity contribution in [3.05, 3.63) is 95.3 Å². The van der Waals surface area contributed by atoms with Crippen molar-refractivity contribution in [1.29, 1.82) is 0 Å². The Morgan fingerprint density at radius 1 is 0.947 bits per heavy atom. The van der Waals surface area contributed by atoms with Gasteiger partial charge in [0.25, 0.3) is 0 Å². The third kappa shape index (κ3) is 9.52. The van der Waals surface area contributed by atoms with Gasteiger partial charge < -0.3 is 24.8 Å². The van der Waals surface area contributed by atoms with Crippen molar-refractivity contribution in [2.45, 2.75) is 39.2 Å². The Kier molecular flexibility index (Phi) is 11.1. The second-order valence-corrected chi connectivity index (χ2v) is 8.99. The van der Waals surface area contributed by atoms with Crippen LogP contribution in [0.1, 0.15) is 30.0 Å². The average Bonchev–Trinajstić information content (AvgIpc) is 2.90. The molecular weight excluding hydrogens is 487 g/mol. The third-order valence-electron chi connectivity index (χ3n) is 6.01. The smallest absolute Gasteiger partial charge is 0.333 e. The van der Waals surface area contributed by atoms with Crippen molar-refractivity contribution < 1.29 is 28.6 Å². The number of nitrogens with zero attached hydrogens (tertiary/aromatic N) is 1. The maximum absolute atomic E-state index is 13.2. The van der Waals surface area contributed by atoms with Crippen molar-refractivity contribution in [3.8, 4) is 5.75 Å². The number of anilines is 1. The number of aryl methyl sites for hydroxylation is 2. The van der Waals surface area contributed by atoms with E-state index in [1.807, 2.05) is 43.3 Å². The topological polar surface area (TPSA) is 88.1 Å². The lowest BCUT2D eigenvalue weighted by molar-refractivity contribution is -0.149. The number of aliphatic carboxylic acids is 1. The van der Waals surface area contributed by atoms with E-state index >= 15 is 0 Å². The summed E-state index contributed by atoms with van der Waals surface area (Å²) in [4.78, 5) is 26.1. The quantitative estimate of drug-likeness (QED) is 0.283. The fourth-order valence-corrected chi connectivity index (χ4v) is 3.91. The van der Waals surface area contributed by atoms with Gasteiger partial charge in [0, 0.05) is 25.3 Å². The molecule has 0 heterocycles. The minimum atomic E-state index is -0.990. The summed E-state index contributed by atoms with van der Waals surface area (Å²) in [6, 6.07) is 21.0. The van der Waals surface area contributed by atoms with E-state index < -0.39 is 12.1 Å². The minimum absolute atomic E-state index is 0.220. The van der Waals surface area contributed by atoms with Crippen LogP contribution in [-0.4, -0.2) is 54.4 Å². The molecule has 3 aromatic rings. The highest BCUT2D eigenvalue weighted by atomic mass is 19.1. The number of amides is 2. The van der Waals surface area contributed by atoms with Gasteiger partial charge in [0.1, 0.15) is 18.2 Å². The Bertz CT molecular complexity index is 1150. The number of carbonyl (C=O) groups is 2. The molecule has 3 aromatic carbocycles. The number of hydrogen-bond donors (Lipinski definition) is 2. The molecule has 0 aliphatic rings. The zero-order valence-electron chi connectivity index (χ0n) is 21.9. The molecular formula is C30H35FN2O5. The summed E-state index contributed by atoms with van der Waals surface area (Å²) in [7, 11) is 0. The van der Waals surface area contributed by atoms with Crippen LogP contribution < -0.4 is 10.1 Å². The van der Waals surface area contributed by atoms with Gasteiger partial charge in [0.05, 0.1) is 6.54 Å². The van der Waals surface area contributed by atoms with E-state index in [9.17, 15) is 19.1 Å². The molecule has 3 rings (SSSR count). The Balaban J connectivity index is 1.55. The lowest BCUT2D eigenvalue weighted by Crippen LogP contribution is -2.38. The maximum Gasteiger partial charge on any atom is 0.333 e. The molecule has 0 fully saturated rings. The summed E-state index contributed by atoms with van der Waals surface area (Å²) in [5, 5.41) is 12.2. The van der Waals surface area contributed by atoms with Crippen molar-refractivity contribution in [2.75, 3.05) is 31.6 Å². The molecule has 202 valence electrons. The van der Waals surface area contributed by atoms with E-state index in [0.29, 0.717) is 37.6 Å². The fraction of sp³-hybridized carbons (Fsp3) is 0.333. The van der Waals surface area contributed by atoms with Crippen molar-refractivity contribution >= 4 is 17.7 Å². The van der Waals surface area contributed by atoms with E-state index in [1.54, 1.807) is 36.1 Å². The van der Waals surface area contributed by atoms with E-state index in [-0.39, 0.29) is 24.9 Å². The monoisotopic (exact) mass is 522 g/mol. The molecule has 7 nitrogen and oxygen atoms in total. The van der Waals surface area contributed by atoms with Crippen LogP contribution in [-0.2, 0) is 22.4 Å². The summed E-state index contributed by atoms with van der Waals surface area (Å²) in [5.74, 6) is -0.633. The highest BCUT2D eigenvalue weighted by molar-refractivity contribution is 5.89. The van der Waals surface area contributed by atoms with Crippen LogP contribution in [0.15, 0.2) is 72.8 Å². The highest BCUT2D eigenvalue weighted by Crippen LogP contribution is 2.16. The van der Waals surface area contributed by atoms with E-state index in [2.05, 4.69) is 5.32 Å². The lowest BCUT2D eigenvalue weighted by Gasteiger charge is -2.23. The van der Waals surface area contributed by atoms with Gasteiger partial charge >= 0.3 is 12.0 Å². The molecule has 1 unspecified atom stereocenters. The summed E-state index contributed by atoms with van der Waals surface area (Å²) in [6.07, 6.45) is 0.814. The van der Waals surface area contributed by atoms with Crippen LogP contribution in [0.4, 0.5) is 14.9 Å². The van der Waals surface area contributed by atoms with Crippen molar-refractivity contribution in [3.63, 3.8) is 0 Å². The molecule has 0 aromatic heterocycles. The van der Waals surface area contributed by atoms with E-state index in [0.717, 1.165) is 23.1 Å².